The molecule has 2 amide bonds. The molecular weight excluding hydrogens is 458 g/mol. The van der Waals surface area contributed by atoms with Gasteiger partial charge in [0.25, 0.3) is 11.8 Å². The van der Waals surface area contributed by atoms with Crippen LogP contribution in [0.3, 0.4) is 0 Å². The van der Waals surface area contributed by atoms with Crippen LogP contribution in [-0.2, 0) is 30.8 Å². The quantitative estimate of drug-likeness (QED) is 0.669. The highest BCUT2D eigenvalue weighted by Crippen LogP contribution is 2.45. The lowest BCUT2D eigenvalue weighted by Gasteiger charge is -2.44. The van der Waals surface area contributed by atoms with Gasteiger partial charge in [0.05, 0.1) is 28.9 Å². The fourth-order valence-electron chi connectivity index (χ4n) is 5.25. The lowest BCUT2D eigenvalue weighted by molar-refractivity contribution is -0.129. The zero-order valence-electron chi connectivity index (χ0n) is 18.7. The van der Waals surface area contributed by atoms with Crippen molar-refractivity contribution in [3.05, 3.63) is 53.6 Å². The van der Waals surface area contributed by atoms with Crippen LogP contribution in [0, 0.1) is 0 Å². The molecule has 1 N–H and O–H groups in total. The second-order valence-electron chi connectivity index (χ2n) is 8.94. The van der Waals surface area contributed by atoms with Gasteiger partial charge in [0.15, 0.2) is 6.61 Å². The highest BCUT2D eigenvalue weighted by atomic mass is 32.2. The maximum atomic E-state index is 13.3. The molecule has 1 aliphatic carbocycles. The largest absolute Gasteiger partial charge is 0.452 e. The fraction of sp³-hybridized carbons (Fsp3) is 0.375. The molecule has 1 saturated carbocycles. The number of rotatable bonds is 4. The summed E-state index contributed by atoms with van der Waals surface area (Å²) in [5.74, 6) is -1.34. The van der Waals surface area contributed by atoms with Gasteiger partial charge in [-0.2, -0.15) is 0 Å². The van der Waals surface area contributed by atoms with Crippen LogP contribution < -0.4 is 14.5 Å². The molecule has 178 valence electrons. The number of anilines is 3. The minimum atomic E-state index is -3.39. The second-order valence-corrected chi connectivity index (χ2v) is 10.9. The van der Waals surface area contributed by atoms with Crippen LogP contribution in [0.4, 0.5) is 17.1 Å². The van der Waals surface area contributed by atoms with Gasteiger partial charge in [-0.25, -0.2) is 13.2 Å². The highest BCUT2D eigenvalue weighted by Gasteiger charge is 2.52. The summed E-state index contributed by atoms with van der Waals surface area (Å²) in [5, 5.41) is 2.92. The Labute approximate surface area is 197 Å². The molecule has 1 spiro atoms. The Morgan fingerprint density at radius 2 is 1.82 bits per heavy atom. The van der Waals surface area contributed by atoms with Crippen LogP contribution in [0.15, 0.2) is 42.5 Å². The van der Waals surface area contributed by atoms with Crippen molar-refractivity contribution >= 4 is 44.9 Å². The monoisotopic (exact) mass is 483 g/mol. The Kier molecular flexibility index (Phi) is 5.35. The average molecular weight is 484 g/mol. The number of carbonyl (C=O) groups excluding carboxylic acids is 3. The Bertz CT molecular complexity index is 1300. The number of hydrogen-bond donors (Lipinski definition) is 1. The summed E-state index contributed by atoms with van der Waals surface area (Å²) in [7, 11) is -3.39. The SMILES string of the molecule is CS(=O)(=O)N1CCc2cc(C(=O)OCC(=O)N3c4ccccc4NC(=O)C34CCCC4)ccc21. The number of hydrogen-bond acceptors (Lipinski definition) is 6. The first-order valence-corrected chi connectivity index (χ1v) is 13.1. The molecule has 2 aliphatic heterocycles. The molecule has 0 atom stereocenters. The number of ether oxygens (including phenoxy) is 1. The van der Waals surface area contributed by atoms with Gasteiger partial charge in [-0.1, -0.05) is 25.0 Å². The van der Waals surface area contributed by atoms with Gasteiger partial charge >= 0.3 is 5.97 Å². The molecule has 9 nitrogen and oxygen atoms in total. The number of para-hydroxylation sites is 2. The topological polar surface area (TPSA) is 113 Å². The van der Waals surface area contributed by atoms with E-state index >= 15 is 0 Å². The summed E-state index contributed by atoms with van der Waals surface area (Å²) in [4.78, 5) is 40.6. The van der Waals surface area contributed by atoms with Crippen LogP contribution in [0.1, 0.15) is 41.6 Å². The third kappa shape index (κ3) is 3.62. The molecule has 2 heterocycles. The van der Waals surface area contributed by atoms with Gasteiger partial charge in [-0.05, 0) is 55.2 Å². The number of nitrogens with zero attached hydrogens (tertiary/aromatic N) is 2. The number of sulfonamides is 1. The first-order valence-electron chi connectivity index (χ1n) is 11.2. The summed E-state index contributed by atoms with van der Waals surface area (Å²) in [6.45, 7) is -0.182. The number of fused-ring (bicyclic) bond motifs is 2. The second kappa shape index (κ2) is 8.12. The lowest BCUT2D eigenvalue weighted by atomic mass is 9.90. The Morgan fingerprint density at radius 1 is 1.09 bits per heavy atom. The van der Waals surface area contributed by atoms with E-state index in [-0.39, 0.29) is 11.5 Å². The molecule has 0 radical (unpaired) electrons. The maximum absolute atomic E-state index is 13.3. The van der Waals surface area contributed by atoms with E-state index in [1.54, 1.807) is 36.4 Å². The number of carbonyl (C=O) groups is 3. The predicted molar refractivity (Wildman–Crippen MR) is 126 cm³/mol. The van der Waals surface area contributed by atoms with Crippen molar-refractivity contribution in [2.45, 2.75) is 37.6 Å². The Morgan fingerprint density at radius 3 is 2.56 bits per heavy atom. The Balaban J connectivity index is 1.35. The van der Waals surface area contributed by atoms with Crippen molar-refractivity contribution in [1.29, 1.82) is 0 Å². The summed E-state index contributed by atoms with van der Waals surface area (Å²) < 4.78 is 30.5. The zero-order chi connectivity index (χ0) is 24.1. The Hall–Kier alpha value is -3.40. The molecule has 2 aromatic carbocycles. The summed E-state index contributed by atoms with van der Waals surface area (Å²) >= 11 is 0. The molecule has 2 aromatic rings. The standard InChI is InChI=1S/C24H25N3O6S/c1-34(31,32)26-13-10-16-14-17(8-9-19(16)26)22(29)33-15-21(28)27-20-7-3-2-6-18(20)25-23(30)24(27)11-4-5-12-24/h2-3,6-9,14H,4-5,10-13,15H2,1H3,(H,25,30). The van der Waals surface area contributed by atoms with Gasteiger partial charge in [-0.3, -0.25) is 18.8 Å². The van der Waals surface area contributed by atoms with Crippen LogP contribution >= 0.6 is 0 Å². The van der Waals surface area contributed by atoms with Crippen molar-refractivity contribution < 1.29 is 27.5 Å². The first kappa shape index (κ1) is 22.4. The van der Waals surface area contributed by atoms with Gasteiger partial charge in [0, 0.05) is 6.54 Å². The lowest BCUT2D eigenvalue weighted by Crippen LogP contribution is -2.61. The zero-order valence-corrected chi connectivity index (χ0v) is 19.6. The number of benzene rings is 2. The van der Waals surface area contributed by atoms with Crippen molar-refractivity contribution in [3.8, 4) is 0 Å². The molecule has 5 rings (SSSR count). The van der Waals surface area contributed by atoms with E-state index in [1.807, 2.05) is 0 Å². The molecule has 0 aromatic heterocycles. The van der Waals surface area contributed by atoms with E-state index < -0.39 is 34.0 Å². The molecule has 34 heavy (non-hydrogen) atoms. The van der Waals surface area contributed by atoms with E-state index in [0.29, 0.717) is 42.9 Å². The van der Waals surface area contributed by atoms with Crippen LogP contribution in [0.5, 0.6) is 0 Å². The van der Waals surface area contributed by atoms with Gasteiger partial charge < -0.3 is 10.1 Å². The van der Waals surface area contributed by atoms with Crippen molar-refractivity contribution in [2.75, 3.05) is 33.9 Å². The van der Waals surface area contributed by atoms with Gasteiger partial charge in [-0.15, -0.1) is 0 Å². The maximum Gasteiger partial charge on any atom is 0.338 e. The molecular formula is C24H25N3O6S. The summed E-state index contributed by atoms with van der Waals surface area (Å²) in [5.41, 5.74) is 1.71. The number of nitrogens with one attached hydrogen (secondary N) is 1. The molecule has 0 saturated heterocycles. The number of amides is 2. The van der Waals surface area contributed by atoms with Gasteiger partial charge in [0.2, 0.25) is 10.0 Å². The predicted octanol–water partition coefficient (Wildman–Crippen LogP) is 2.46. The highest BCUT2D eigenvalue weighted by molar-refractivity contribution is 7.92. The van der Waals surface area contributed by atoms with E-state index in [1.165, 1.54) is 15.3 Å². The van der Waals surface area contributed by atoms with Crippen LogP contribution in [-0.4, -0.2) is 51.1 Å². The van der Waals surface area contributed by atoms with Crippen molar-refractivity contribution in [2.24, 2.45) is 0 Å². The van der Waals surface area contributed by atoms with Crippen LogP contribution in [0.25, 0.3) is 0 Å². The van der Waals surface area contributed by atoms with E-state index in [2.05, 4.69) is 5.32 Å². The molecule has 3 aliphatic rings. The van der Waals surface area contributed by atoms with Crippen LogP contribution in [0.2, 0.25) is 0 Å². The summed E-state index contributed by atoms with van der Waals surface area (Å²) in [6, 6.07) is 11.8. The fourth-order valence-corrected chi connectivity index (χ4v) is 6.21. The average Bonchev–Trinajstić information content (AvgIpc) is 3.45. The third-order valence-corrected chi connectivity index (χ3v) is 8.00. The normalized spacial score (nSPS) is 18.4. The van der Waals surface area contributed by atoms with Gasteiger partial charge in [0.1, 0.15) is 5.54 Å². The number of esters is 1. The van der Waals surface area contributed by atoms with Crippen molar-refractivity contribution in [3.63, 3.8) is 0 Å². The van der Waals surface area contributed by atoms with Crippen molar-refractivity contribution in [1.82, 2.24) is 0 Å². The molecule has 0 bridgehead atoms. The summed E-state index contributed by atoms with van der Waals surface area (Å²) in [6.07, 6.45) is 4.40. The smallest absolute Gasteiger partial charge is 0.338 e. The molecule has 0 unspecified atom stereocenters. The minimum Gasteiger partial charge on any atom is -0.452 e. The van der Waals surface area contributed by atoms with E-state index in [0.717, 1.165) is 24.7 Å². The molecule has 1 fully saturated rings. The van der Waals surface area contributed by atoms with E-state index in [9.17, 15) is 22.8 Å². The third-order valence-electron chi connectivity index (χ3n) is 6.82. The minimum absolute atomic E-state index is 0.211. The molecule has 10 heteroatoms. The van der Waals surface area contributed by atoms with E-state index in [4.69, 9.17) is 4.74 Å². The first-order chi connectivity index (χ1) is 16.2.